The summed E-state index contributed by atoms with van der Waals surface area (Å²) in [5, 5.41) is 0. The van der Waals surface area contributed by atoms with Crippen molar-refractivity contribution in [1.29, 1.82) is 0 Å². The van der Waals surface area contributed by atoms with Gasteiger partial charge in [-0.05, 0) is 25.5 Å². The zero-order chi connectivity index (χ0) is 17.0. The van der Waals surface area contributed by atoms with Gasteiger partial charge in [0, 0.05) is 13.8 Å². The number of carbonyl (C=O) groups is 2. The zero-order valence-corrected chi connectivity index (χ0v) is 13.9. The first-order valence-electron chi connectivity index (χ1n) is 7.57. The van der Waals surface area contributed by atoms with Crippen LogP contribution in [0.1, 0.15) is 36.6 Å². The fourth-order valence-corrected chi connectivity index (χ4v) is 2.65. The molecule has 0 aromatic heterocycles. The number of carbonyl (C=O) groups excluding carboxylic acids is 2. The first-order chi connectivity index (χ1) is 10.8. The lowest BCUT2D eigenvalue weighted by Crippen LogP contribution is -2.39. The molecule has 2 rings (SSSR count). The van der Waals surface area contributed by atoms with Crippen LogP contribution in [0, 0.1) is 13.8 Å². The normalized spacial score (nSPS) is 23.4. The Morgan fingerprint density at radius 1 is 1.04 bits per heavy atom. The third kappa shape index (κ3) is 4.93. The van der Waals surface area contributed by atoms with Gasteiger partial charge in [-0.2, -0.15) is 0 Å². The van der Waals surface area contributed by atoms with Crippen LogP contribution in [0.25, 0.3) is 0 Å². The van der Waals surface area contributed by atoms with Gasteiger partial charge in [-0.25, -0.2) is 0 Å². The van der Waals surface area contributed by atoms with Crippen LogP contribution in [0.15, 0.2) is 30.4 Å². The van der Waals surface area contributed by atoms with E-state index in [1.807, 2.05) is 19.9 Å². The summed E-state index contributed by atoms with van der Waals surface area (Å²) in [7, 11) is 0. The molecule has 0 aliphatic carbocycles. The van der Waals surface area contributed by atoms with E-state index in [0.717, 1.165) is 16.7 Å². The van der Waals surface area contributed by atoms with Crippen LogP contribution in [0.3, 0.4) is 0 Å². The van der Waals surface area contributed by atoms with Gasteiger partial charge in [0.2, 0.25) is 0 Å². The maximum atomic E-state index is 11.2. The summed E-state index contributed by atoms with van der Waals surface area (Å²) < 4.78 is 16.3. The first-order valence-corrected chi connectivity index (χ1v) is 7.57. The molecule has 0 saturated heterocycles. The van der Waals surface area contributed by atoms with Crippen molar-refractivity contribution in [3.05, 3.63) is 47.0 Å². The van der Waals surface area contributed by atoms with Gasteiger partial charge in [0.25, 0.3) is 0 Å². The molecule has 1 aromatic carbocycles. The number of benzene rings is 1. The van der Waals surface area contributed by atoms with Crippen LogP contribution in [-0.2, 0) is 23.8 Å². The summed E-state index contributed by atoms with van der Waals surface area (Å²) in [5.41, 5.74) is 3.32. The first kappa shape index (κ1) is 17.2. The number of hydrogen-bond donors (Lipinski definition) is 0. The van der Waals surface area contributed by atoms with Crippen molar-refractivity contribution in [3.8, 4) is 0 Å². The van der Waals surface area contributed by atoms with E-state index in [9.17, 15) is 9.59 Å². The Hall–Kier alpha value is -2.14. The molecular formula is C18H22O5. The minimum atomic E-state index is -0.561. The number of rotatable bonds is 4. The Labute approximate surface area is 136 Å². The molecule has 0 spiro atoms. The van der Waals surface area contributed by atoms with E-state index >= 15 is 0 Å². The molecule has 5 nitrogen and oxygen atoms in total. The van der Waals surface area contributed by atoms with E-state index < -0.39 is 24.1 Å². The summed E-state index contributed by atoms with van der Waals surface area (Å²) in [4.78, 5) is 22.3. The summed E-state index contributed by atoms with van der Waals surface area (Å²) in [6.45, 7) is 6.77. The Balaban J connectivity index is 2.20. The molecular weight excluding hydrogens is 296 g/mol. The molecule has 1 aromatic rings. The number of esters is 2. The van der Waals surface area contributed by atoms with Gasteiger partial charge in [-0.3, -0.25) is 9.59 Å². The van der Waals surface area contributed by atoms with E-state index in [4.69, 9.17) is 14.2 Å². The second-order valence-corrected chi connectivity index (χ2v) is 5.78. The van der Waals surface area contributed by atoms with Crippen LogP contribution in [-0.4, -0.2) is 30.8 Å². The predicted molar refractivity (Wildman–Crippen MR) is 84.9 cm³/mol. The van der Waals surface area contributed by atoms with Crippen molar-refractivity contribution >= 4 is 11.9 Å². The molecule has 0 amide bonds. The third-order valence-electron chi connectivity index (χ3n) is 3.49. The average Bonchev–Trinajstić information content (AvgIpc) is 2.44. The average molecular weight is 318 g/mol. The van der Waals surface area contributed by atoms with Gasteiger partial charge in [0.05, 0.1) is 0 Å². The SMILES string of the molecule is CC(=O)OC[C@H]1O[C@H](c2cc(C)cc(C)c2)C=C[C@@H]1OC(C)=O. The Morgan fingerprint density at radius 3 is 2.26 bits per heavy atom. The quantitative estimate of drug-likeness (QED) is 0.631. The smallest absolute Gasteiger partial charge is 0.303 e. The lowest BCUT2D eigenvalue weighted by molar-refractivity contribution is -0.163. The highest BCUT2D eigenvalue weighted by molar-refractivity contribution is 5.67. The number of hydrogen-bond acceptors (Lipinski definition) is 5. The van der Waals surface area contributed by atoms with Gasteiger partial charge in [-0.15, -0.1) is 0 Å². The molecule has 0 N–H and O–H groups in total. The Kier molecular flexibility index (Phi) is 5.55. The number of ether oxygens (including phenoxy) is 3. The Bertz CT molecular complexity index is 600. The van der Waals surface area contributed by atoms with Gasteiger partial charge in [0.15, 0.2) is 0 Å². The zero-order valence-electron chi connectivity index (χ0n) is 13.9. The van der Waals surface area contributed by atoms with Crippen molar-refractivity contribution in [2.45, 2.75) is 46.0 Å². The van der Waals surface area contributed by atoms with Gasteiger partial charge in [0.1, 0.15) is 24.9 Å². The molecule has 0 saturated carbocycles. The molecule has 124 valence electrons. The number of aryl methyl sites for hydroxylation is 2. The molecule has 1 heterocycles. The van der Waals surface area contributed by atoms with Crippen LogP contribution < -0.4 is 0 Å². The minimum absolute atomic E-state index is 0.0406. The van der Waals surface area contributed by atoms with Gasteiger partial charge < -0.3 is 14.2 Å². The van der Waals surface area contributed by atoms with E-state index in [1.54, 1.807) is 6.08 Å². The van der Waals surface area contributed by atoms with Crippen LogP contribution in [0.2, 0.25) is 0 Å². The fourth-order valence-electron chi connectivity index (χ4n) is 2.65. The molecule has 0 fully saturated rings. The second-order valence-electron chi connectivity index (χ2n) is 5.78. The largest absolute Gasteiger partial charge is 0.463 e. The third-order valence-corrected chi connectivity index (χ3v) is 3.49. The molecule has 1 aliphatic rings. The predicted octanol–water partition coefficient (Wildman–Crippen LogP) is 2.79. The van der Waals surface area contributed by atoms with Crippen molar-refractivity contribution in [1.82, 2.24) is 0 Å². The standard InChI is InChI=1S/C18H22O5/c1-11-7-12(2)9-15(8-11)16-5-6-17(22-14(4)20)18(23-16)10-21-13(3)19/h5-9,16-18H,10H2,1-4H3/t16-,17-,18+/m0/s1. The minimum Gasteiger partial charge on any atom is -0.463 e. The summed E-state index contributed by atoms with van der Waals surface area (Å²) in [6.07, 6.45) is 2.31. The van der Waals surface area contributed by atoms with E-state index in [0.29, 0.717) is 0 Å². The highest BCUT2D eigenvalue weighted by Crippen LogP contribution is 2.29. The lowest BCUT2D eigenvalue weighted by Gasteiger charge is -2.31. The van der Waals surface area contributed by atoms with E-state index in [1.165, 1.54) is 13.8 Å². The molecule has 5 heteroatoms. The van der Waals surface area contributed by atoms with Gasteiger partial charge in [-0.1, -0.05) is 35.4 Å². The van der Waals surface area contributed by atoms with Crippen molar-refractivity contribution < 1.29 is 23.8 Å². The van der Waals surface area contributed by atoms with Crippen molar-refractivity contribution in [2.75, 3.05) is 6.61 Å². The summed E-state index contributed by atoms with van der Waals surface area (Å²) in [6, 6.07) is 6.20. The fraction of sp³-hybridized carbons (Fsp3) is 0.444. The highest BCUT2D eigenvalue weighted by atomic mass is 16.6. The van der Waals surface area contributed by atoms with E-state index in [2.05, 4.69) is 18.2 Å². The highest BCUT2D eigenvalue weighted by Gasteiger charge is 2.31. The molecule has 0 unspecified atom stereocenters. The van der Waals surface area contributed by atoms with Crippen LogP contribution >= 0.6 is 0 Å². The maximum absolute atomic E-state index is 11.2. The monoisotopic (exact) mass is 318 g/mol. The molecule has 23 heavy (non-hydrogen) atoms. The van der Waals surface area contributed by atoms with Crippen LogP contribution in [0.5, 0.6) is 0 Å². The Morgan fingerprint density at radius 2 is 1.70 bits per heavy atom. The molecule has 3 atom stereocenters. The molecule has 0 bridgehead atoms. The summed E-state index contributed by atoms with van der Waals surface area (Å²) >= 11 is 0. The van der Waals surface area contributed by atoms with Crippen molar-refractivity contribution in [2.24, 2.45) is 0 Å². The van der Waals surface area contributed by atoms with Crippen LogP contribution in [0.4, 0.5) is 0 Å². The topological polar surface area (TPSA) is 61.8 Å². The second kappa shape index (κ2) is 7.42. The maximum Gasteiger partial charge on any atom is 0.303 e. The van der Waals surface area contributed by atoms with E-state index in [-0.39, 0.29) is 12.7 Å². The lowest BCUT2D eigenvalue weighted by atomic mass is 9.99. The molecule has 1 aliphatic heterocycles. The summed E-state index contributed by atoms with van der Waals surface area (Å²) in [5.74, 6) is -0.798. The van der Waals surface area contributed by atoms with Gasteiger partial charge >= 0.3 is 11.9 Å². The molecule has 0 radical (unpaired) electrons. The van der Waals surface area contributed by atoms with Crippen molar-refractivity contribution in [3.63, 3.8) is 0 Å².